The van der Waals surface area contributed by atoms with E-state index < -0.39 is 16.0 Å². The molecule has 0 saturated carbocycles. The molecule has 0 N–H and O–H groups in total. The van der Waals surface area contributed by atoms with E-state index in [1.54, 1.807) is 0 Å². The molecule has 0 radical (unpaired) electrons. The van der Waals surface area contributed by atoms with E-state index in [1.165, 1.54) is 32.3 Å². The van der Waals surface area contributed by atoms with E-state index in [4.69, 9.17) is 21.1 Å². The number of sulfonamides is 1. The summed E-state index contributed by atoms with van der Waals surface area (Å²) in [5, 5.41) is 0.148. The summed E-state index contributed by atoms with van der Waals surface area (Å²) in [6.07, 6.45) is 1.69. The topological polar surface area (TPSA) is 72.9 Å². The fraction of sp³-hybridized carbons (Fsp3) is 0.500. The van der Waals surface area contributed by atoms with Gasteiger partial charge >= 0.3 is 5.97 Å². The van der Waals surface area contributed by atoms with Crippen LogP contribution in [0, 0.1) is 0 Å². The third kappa shape index (κ3) is 3.78. The van der Waals surface area contributed by atoms with Gasteiger partial charge in [-0.3, -0.25) is 0 Å². The highest BCUT2D eigenvalue weighted by molar-refractivity contribution is 7.89. The van der Waals surface area contributed by atoms with Crippen LogP contribution in [0.5, 0.6) is 0 Å². The minimum absolute atomic E-state index is 0.00836. The Morgan fingerprint density at radius 1 is 1.45 bits per heavy atom. The molecule has 1 atom stereocenters. The lowest BCUT2D eigenvalue weighted by atomic mass is 10.2. The second-order valence-corrected chi connectivity index (χ2v) is 7.72. The van der Waals surface area contributed by atoms with Crippen LogP contribution in [0.25, 0.3) is 0 Å². The number of rotatable bonds is 5. The van der Waals surface area contributed by atoms with Crippen molar-refractivity contribution < 1.29 is 22.7 Å². The summed E-state index contributed by atoms with van der Waals surface area (Å²) < 4.78 is 35.8. The average Bonchev–Trinajstić information content (AvgIpc) is 2.98. The van der Waals surface area contributed by atoms with Gasteiger partial charge in [-0.1, -0.05) is 11.6 Å². The Hall–Kier alpha value is -1.15. The number of hydrogen-bond acceptors (Lipinski definition) is 5. The zero-order valence-electron chi connectivity index (χ0n) is 12.4. The van der Waals surface area contributed by atoms with E-state index in [1.807, 2.05) is 0 Å². The molecular formula is C14H18ClNO5S. The van der Waals surface area contributed by atoms with Gasteiger partial charge < -0.3 is 9.47 Å². The van der Waals surface area contributed by atoms with Gasteiger partial charge in [0, 0.05) is 20.7 Å². The predicted octanol–water partition coefficient (Wildman–Crippen LogP) is 1.93. The van der Waals surface area contributed by atoms with Crippen LogP contribution in [0.4, 0.5) is 0 Å². The van der Waals surface area contributed by atoms with Gasteiger partial charge in [0.15, 0.2) is 0 Å². The van der Waals surface area contributed by atoms with E-state index >= 15 is 0 Å². The second-order valence-electron chi connectivity index (χ2n) is 5.16. The number of benzene rings is 1. The highest BCUT2D eigenvalue weighted by Gasteiger charge is 2.23. The molecule has 0 aromatic heterocycles. The van der Waals surface area contributed by atoms with Gasteiger partial charge in [0.25, 0.3) is 0 Å². The molecule has 22 heavy (non-hydrogen) atoms. The van der Waals surface area contributed by atoms with Gasteiger partial charge in [-0.15, -0.1) is 0 Å². The lowest BCUT2D eigenvalue weighted by molar-refractivity contribution is 0.0161. The van der Waals surface area contributed by atoms with Crippen molar-refractivity contribution in [3.05, 3.63) is 28.8 Å². The summed E-state index contributed by atoms with van der Waals surface area (Å²) >= 11 is 5.98. The first kappa shape index (κ1) is 17.2. The van der Waals surface area contributed by atoms with E-state index in [-0.39, 0.29) is 28.2 Å². The SMILES string of the molecule is CN(C)S(=O)(=O)c1ccc(Cl)c(C(=O)OC[C@@H]2CCCO2)c1. The fourth-order valence-corrected chi connectivity index (χ4v) is 3.18. The summed E-state index contributed by atoms with van der Waals surface area (Å²) in [5.41, 5.74) is 0.0302. The van der Waals surface area contributed by atoms with E-state index in [0.29, 0.717) is 6.61 Å². The van der Waals surface area contributed by atoms with Crippen molar-refractivity contribution in [1.29, 1.82) is 0 Å². The highest BCUT2D eigenvalue weighted by Crippen LogP contribution is 2.23. The largest absolute Gasteiger partial charge is 0.459 e. The molecule has 1 saturated heterocycles. The predicted molar refractivity (Wildman–Crippen MR) is 81.6 cm³/mol. The van der Waals surface area contributed by atoms with E-state index in [0.717, 1.165) is 17.1 Å². The molecule has 0 spiro atoms. The summed E-state index contributed by atoms with van der Waals surface area (Å²) in [6, 6.07) is 3.96. The Balaban J connectivity index is 2.17. The van der Waals surface area contributed by atoms with Crippen LogP contribution >= 0.6 is 11.6 Å². The maximum Gasteiger partial charge on any atom is 0.339 e. The standard InChI is InChI=1S/C14H18ClNO5S/c1-16(2)22(18,19)11-5-6-13(15)12(8-11)14(17)21-9-10-4-3-7-20-10/h5-6,8,10H,3-4,7,9H2,1-2H3/t10-/m0/s1. The molecule has 1 heterocycles. The Kier molecular flexibility index (Phi) is 5.44. The van der Waals surface area contributed by atoms with Gasteiger partial charge in [-0.05, 0) is 31.0 Å². The molecule has 6 nitrogen and oxygen atoms in total. The first-order valence-electron chi connectivity index (χ1n) is 6.83. The molecule has 122 valence electrons. The Bertz CT molecular complexity index is 653. The first-order valence-corrected chi connectivity index (χ1v) is 8.65. The van der Waals surface area contributed by atoms with Crippen LogP contribution < -0.4 is 0 Å². The molecule has 0 aliphatic carbocycles. The lowest BCUT2D eigenvalue weighted by Crippen LogP contribution is -2.23. The summed E-state index contributed by atoms with van der Waals surface area (Å²) in [7, 11) is -0.806. The number of carbonyl (C=O) groups is 1. The van der Waals surface area contributed by atoms with Crippen molar-refractivity contribution in [2.24, 2.45) is 0 Å². The maximum atomic E-state index is 12.1. The van der Waals surface area contributed by atoms with Crippen LogP contribution in [0.1, 0.15) is 23.2 Å². The zero-order valence-corrected chi connectivity index (χ0v) is 14.0. The number of carbonyl (C=O) groups excluding carboxylic acids is 1. The van der Waals surface area contributed by atoms with Gasteiger partial charge in [0.1, 0.15) is 6.61 Å². The zero-order chi connectivity index (χ0) is 16.3. The van der Waals surface area contributed by atoms with Gasteiger partial charge in [-0.2, -0.15) is 0 Å². The molecule has 1 aliphatic heterocycles. The maximum absolute atomic E-state index is 12.1. The van der Waals surface area contributed by atoms with E-state index in [2.05, 4.69) is 0 Å². The smallest absolute Gasteiger partial charge is 0.339 e. The quantitative estimate of drug-likeness (QED) is 0.761. The van der Waals surface area contributed by atoms with E-state index in [9.17, 15) is 13.2 Å². The van der Waals surface area contributed by atoms with Crippen LogP contribution in [0.3, 0.4) is 0 Å². The van der Waals surface area contributed by atoms with Gasteiger partial charge in [0.2, 0.25) is 10.0 Å². The molecule has 0 unspecified atom stereocenters. The average molecular weight is 348 g/mol. The fourth-order valence-electron chi connectivity index (χ4n) is 2.05. The number of hydrogen-bond donors (Lipinski definition) is 0. The van der Waals surface area contributed by atoms with Crippen LogP contribution in [0.2, 0.25) is 5.02 Å². The summed E-state index contributed by atoms with van der Waals surface area (Å²) in [5.74, 6) is -0.656. The number of ether oxygens (including phenoxy) is 2. The molecule has 1 aliphatic rings. The molecule has 0 amide bonds. The second kappa shape index (κ2) is 6.95. The van der Waals surface area contributed by atoms with Gasteiger partial charge in [0.05, 0.1) is 21.6 Å². The molecule has 2 rings (SSSR count). The minimum atomic E-state index is -3.64. The van der Waals surface area contributed by atoms with Gasteiger partial charge in [-0.25, -0.2) is 17.5 Å². The lowest BCUT2D eigenvalue weighted by Gasteiger charge is -2.14. The Labute approximate surface area is 135 Å². The normalized spacial score (nSPS) is 18.6. The van der Waals surface area contributed by atoms with Crippen molar-refractivity contribution in [3.63, 3.8) is 0 Å². The molecule has 1 fully saturated rings. The van der Waals surface area contributed by atoms with Crippen LogP contribution in [-0.2, 0) is 19.5 Å². The molecule has 0 bridgehead atoms. The van der Waals surface area contributed by atoms with Crippen molar-refractivity contribution in [2.45, 2.75) is 23.8 Å². The van der Waals surface area contributed by atoms with Crippen molar-refractivity contribution in [1.82, 2.24) is 4.31 Å². The number of nitrogens with zero attached hydrogens (tertiary/aromatic N) is 1. The number of esters is 1. The molecule has 8 heteroatoms. The minimum Gasteiger partial charge on any atom is -0.459 e. The monoisotopic (exact) mass is 347 g/mol. The third-order valence-corrected chi connectivity index (χ3v) is 5.50. The highest BCUT2D eigenvalue weighted by atomic mass is 35.5. The molecule has 1 aromatic rings. The Morgan fingerprint density at radius 2 is 2.18 bits per heavy atom. The molecular weight excluding hydrogens is 330 g/mol. The summed E-state index contributed by atoms with van der Waals surface area (Å²) in [6.45, 7) is 0.805. The Morgan fingerprint density at radius 3 is 2.77 bits per heavy atom. The van der Waals surface area contributed by atoms with Crippen molar-refractivity contribution in [2.75, 3.05) is 27.3 Å². The number of halogens is 1. The summed E-state index contributed by atoms with van der Waals surface area (Å²) in [4.78, 5) is 12.1. The van der Waals surface area contributed by atoms with Crippen molar-refractivity contribution in [3.8, 4) is 0 Å². The first-order chi connectivity index (χ1) is 10.3. The van der Waals surface area contributed by atoms with Crippen LogP contribution in [0.15, 0.2) is 23.1 Å². The molecule has 1 aromatic carbocycles. The van der Waals surface area contributed by atoms with Crippen molar-refractivity contribution >= 4 is 27.6 Å². The van der Waals surface area contributed by atoms with Crippen LogP contribution in [-0.4, -0.2) is 52.1 Å². The third-order valence-electron chi connectivity index (χ3n) is 3.36.